The zero-order valence-electron chi connectivity index (χ0n) is 24.2. The topological polar surface area (TPSA) is 115 Å². The molecule has 0 unspecified atom stereocenters. The van der Waals surface area contributed by atoms with Gasteiger partial charge in [0.2, 0.25) is 5.43 Å². The van der Waals surface area contributed by atoms with E-state index in [1.54, 1.807) is 41.5 Å². The third-order valence-corrected chi connectivity index (χ3v) is 7.86. The molecule has 2 aliphatic heterocycles. The van der Waals surface area contributed by atoms with E-state index in [9.17, 15) is 9.59 Å². The van der Waals surface area contributed by atoms with E-state index in [0.29, 0.717) is 66.2 Å². The lowest BCUT2D eigenvalue weighted by Gasteiger charge is -2.24. The highest BCUT2D eigenvalue weighted by Crippen LogP contribution is 2.38. The van der Waals surface area contributed by atoms with E-state index in [0.717, 1.165) is 29.4 Å². The van der Waals surface area contributed by atoms with E-state index in [-0.39, 0.29) is 23.6 Å². The number of carbonyl (C=O) groups is 1. The van der Waals surface area contributed by atoms with Crippen LogP contribution in [-0.4, -0.2) is 52.0 Å². The van der Waals surface area contributed by atoms with Crippen LogP contribution < -0.4 is 19.6 Å². The SMILES string of the molecule is Cc1ccc(-c2cn(C3CCOCC3)nc(C(=O)Cc3ccc(Oc4ccnc5cc6c(cc45)OCCO6)cn3)c2=O)cc1. The first-order valence-electron chi connectivity index (χ1n) is 14.6. The average molecular weight is 591 g/mol. The smallest absolute Gasteiger partial charge is 0.219 e. The highest BCUT2D eigenvalue weighted by molar-refractivity contribution is 5.96. The summed E-state index contributed by atoms with van der Waals surface area (Å²) < 4.78 is 24.8. The van der Waals surface area contributed by atoms with Crippen LogP contribution >= 0.6 is 0 Å². The van der Waals surface area contributed by atoms with Crippen LogP contribution in [0, 0.1) is 6.92 Å². The zero-order chi connectivity index (χ0) is 30.0. The van der Waals surface area contributed by atoms with Crippen LogP contribution in [0.2, 0.25) is 0 Å². The fourth-order valence-corrected chi connectivity index (χ4v) is 5.46. The Hall–Kier alpha value is -5.09. The van der Waals surface area contributed by atoms with Gasteiger partial charge in [0, 0.05) is 48.3 Å². The third-order valence-electron chi connectivity index (χ3n) is 7.86. The third kappa shape index (κ3) is 5.63. The molecule has 222 valence electrons. The number of pyridine rings is 2. The second kappa shape index (κ2) is 11.9. The predicted molar refractivity (Wildman–Crippen MR) is 163 cm³/mol. The Morgan fingerprint density at radius 3 is 2.48 bits per heavy atom. The fraction of sp³-hybridized carbons (Fsp3) is 0.265. The standard InChI is InChI=1S/C34H30N4O6/c1-21-2-4-22(5-3-21)27-20-38(24-9-12-41-13-10-24)37-33(34(27)40)29(39)16-23-6-7-25(19-36-23)44-30-8-11-35-28-18-32-31(17-26(28)30)42-14-15-43-32/h2-8,11,17-20,24H,9-10,12-16H2,1H3. The van der Waals surface area contributed by atoms with E-state index < -0.39 is 5.78 Å². The first kappa shape index (κ1) is 27.7. The summed E-state index contributed by atoms with van der Waals surface area (Å²) in [5, 5.41) is 5.32. The lowest BCUT2D eigenvalue weighted by Crippen LogP contribution is -2.29. The van der Waals surface area contributed by atoms with Crippen molar-refractivity contribution >= 4 is 16.7 Å². The highest BCUT2D eigenvalue weighted by atomic mass is 16.6. The summed E-state index contributed by atoms with van der Waals surface area (Å²) in [5.74, 6) is 1.98. The Morgan fingerprint density at radius 1 is 0.955 bits per heavy atom. The van der Waals surface area contributed by atoms with Gasteiger partial charge in [-0.2, -0.15) is 5.10 Å². The van der Waals surface area contributed by atoms with Crippen molar-refractivity contribution in [1.82, 2.24) is 19.7 Å². The summed E-state index contributed by atoms with van der Waals surface area (Å²) in [6.45, 7) is 4.19. The van der Waals surface area contributed by atoms with Gasteiger partial charge in [-0.15, -0.1) is 0 Å². The molecule has 2 aromatic carbocycles. The van der Waals surface area contributed by atoms with E-state index in [1.165, 1.54) is 0 Å². The quantitative estimate of drug-likeness (QED) is 0.227. The van der Waals surface area contributed by atoms with Crippen molar-refractivity contribution in [1.29, 1.82) is 0 Å². The number of aryl methyl sites for hydroxylation is 1. The molecule has 7 rings (SSSR count). The number of fused-ring (bicyclic) bond motifs is 2. The molecule has 0 spiro atoms. The van der Waals surface area contributed by atoms with Crippen LogP contribution in [0.4, 0.5) is 0 Å². The maximum Gasteiger partial charge on any atom is 0.219 e. The van der Waals surface area contributed by atoms with Gasteiger partial charge in [0.1, 0.15) is 24.7 Å². The number of carbonyl (C=O) groups excluding carboxylic acids is 1. The van der Waals surface area contributed by atoms with E-state index >= 15 is 0 Å². The zero-order valence-corrected chi connectivity index (χ0v) is 24.2. The molecule has 44 heavy (non-hydrogen) atoms. The van der Waals surface area contributed by atoms with Crippen molar-refractivity contribution in [2.45, 2.75) is 32.2 Å². The minimum atomic E-state index is -0.391. The van der Waals surface area contributed by atoms with Crippen LogP contribution in [-0.2, 0) is 11.2 Å². The minimum absolute atomic E-state index is 0.0449. The highest BCUT2D eigenvalue weighted by Gasteiger charge is 2.23. The fourth-order valence-electron chi connectivity index (χ4n) is 5.46. The maximum absolute atomic E-state index is 13.6. The van der Waals surface area contributed by atoms with Gasteiger partial charge in [0.15, 0.2) is 23.0 Å². The molecule has 2 aliphatic rings. The number of benzene rings is 2. The molecule has 0 N–H and O–H groups in total. The summed E-state index contributed by atoms with van der Waals surface area (Å²) in [5.41, 5.74) is 3.03. The number of nitrogens with zero attached hydrogens (tertiary/aromatic N) is 4. The number of hydrogen-bond donors (Lipinski definition) is 0. The van der Waals surface area contributed by atoms with Gasteiger partial charge in [-0.25, -0.2) is 0 Å². The van der Waals surface area contributed by atoms with Gasteiger partial charge in [0.05, 0.1) is 24.2 Å². The van der Waals surface area contributed by atoms with Crippen molar-refractivity contribution in [3.8, 4) is 34.1 Å². The molecule has 1 saturated heterocycles. The van der Waals surface area contributed by atoms with E-state index in [2.05, 4.69) is 15.1 Å². The summed E-state index contributed by atoms with van der Waals surface area (Å²) in [6, 6.07) is 16.7. The molecule has 10 nitrogen and oxygen atoms in total. The lowest BCUT2D eigenvalue weighted by molar-refractivity contribution is 0.0655. The van der Waals surface area contributed by atoms with Crippen LogP contribution in [0.25, 0.3) is 22.0 Å². The summed E-state index contributed by atoms with van der Waals surface area (Å²) >= 11 is 0. The number of ketones is 1. The van der Waals surface area contributed by atoms with Gasteiger partial charge < -0.3 is 18.9 Å². The van der Waals surface area contributed by atoms with Crippen molar-refractivity contribution in [3.63, 3.8) is 0 Å². The Morgan fingerprint density at radius 2 is 1.73 bits per heavy atom. The van der Waals surface area contributed by atoms with Crippen molar-refractivity contribution in [2.24, 2.45) is 0 Å². The second-order valence-electron chi connectivity index (χ2n) is 10.9. The maximum atomic E-state index is 13.6. The van der Waals surface area contributed by atoms with Crippen molar-refractivity contribution in [2.75, 3.05) is 26.4 Å². The average Bonchev–Trinajstić information content (AvgIpc) is 3.06. The van der Waals surface area contributed by atoms with Crippen molar-refractivity contribution in [3.05, 3.63) is 100 Å². The molecule has 3 aromatic heterocycles. The molecule has 0 radical (unpaired) electrons. The molecule has 5 heterocycles. The number of rotatable bonds is 7. The number of aromatic nitrogens is 4. The van der Waals surface area contributed by atoms with Gasteiger partial charge in [-0.3, -0.25) is 24.2 Å². The molecule has 0 aliphatic carbocycles. The normalized spacial score (nSPS) is 14.8. The molecule has 0 amide bonds. The van der Waals surface area contributed by atoms with Gasteiger partial charge >= 0.3 is 0 Å². The number of Topliss-reactive ketones (excluding diaryl/α,β-unsaturated/α-hetero) is 1. The van der Waals surface area contributed by atoms with E-state index in [1.807, 2.05) is 43.3 Å². The molecule has 0 atom stereocenters. The number of hydrogen-bond acceptors (Lipinski definition) is 9. The van der Waals surface area contributed by atoms with Crippen molar-refractivity contribution < 1.29 is 23.7 Å². The van der Waals surface area contributed by atoms with Gasteiger partial charge in [-0.05, 0) is 49.6 Å². The molecule has 0 bridgehead atoms. The lowest BCUT2D eigenvalue weighted by atomic mass is 10.0. The summed E-state index contributed by atoms with van der Waals surface area (Å²) in [7, 11) is 0. The Balaban J connectivity index is 1.14. The molecular formula is C34H30N4O6. The molecule has 0 saturated carbocycles. The van der Waals surface area contributed by atoms with Crippen LogP contribution in [0.5, 0.6) is 23.0 Å². The van der Waals surface area contributed by atoms with Crippen LogP contribution in [0.15, 0.2) is 78.0 Å². The van der Waals surface area contributed by atoms with Crippen LogP contribution in [0.3, 0.4) is 0 Å². The Bertz CT molecular complexity index is 1900. The first-order valence-corrected chi connectivity index (χ1v) is 14.6. The largest absolute Gasteiger partial charge is 0.486 e. The molecule has 1 fully saturated rings. The van der Waals surface area contributed by atoms with Gasteiger partial charge in [-0.1, -0.05) is 29.8 Å². The molecular weight excluding hydrogens is 560 g/mol. The van der Waals surface area contributed by atoms with Crippen LogP contribution in [0.1, 0.15) is 40.6 Å². The minimum Gasteiger partial charge on any atom is -0.486 e. The molecule has 5 aromatic rings. The Labute approximate surface area is 253 Å². The first-order chi connectivity index (χ1) is 21.5. The Kier molecular flexibility index (Phi) is 7.49. The predicted octanol–water partition coefficient (Wildman–Crippen LogP) is 5.50. The number of ether oxygens (including phenoxy) is 4. The van der Waals surface area contributed by atoms with Gasteiger partial charge in [0.25, 0.3) is 0 Å². The summed E-state index contributed by atoms with van der Waals surface area (Å²) in [6.07, 6.45) is 6.44. The molecule has 10 heteroatoms. The monoisotopic (exact) mass is 590 g/mol. The second-order valence-corrected chi connectivity index (χ2v) is 10.9. The van der Waals surface area contributed by atoms with E-state index in [4.69, 9.17) is 18.9 Å². The summed E-state index contributed by atoms with van der Waals surface area (Å²) in [4.78, 5) is 36.0.